The van der Waals surface area contributed by atoms with Crippen molar-refractivity contribution in [2.75, 3.05) is 33.4 Å². The van der Waals surface area contributed by atoms with Gasteiger partial charge >= 0.3 is 0 Å². The number of aliphatic imine (C=N–C) groups is 1. The third kappa shape index (κ3) is 7.00. The van der Waals surface area contributed by atoms with E-state index in [0.717, 1.165) is 42.6 Å². The van der Waals surface area contributed by atoms with Crippen molar-refractivity contribution in [1.82, 2.24) is 10.6 Å². The lowest BCUT2D eigenvalue weighted by Crippen LogP contribution is -2.41. The van der Waals surface area contributed by atoms with Crippen LogP contribution >= 0.6 is 24.0 Å². The monoisotopic (exact) mass is 553 g/mol. The number of hydrogen-bond acceptors (Lipinski definition) is 4. The number of rotatable bonds is 9. The van der Waals surface area contributed by atoms with Crippen LogP contribution in [0.1, 0.15) is 50.5 Å². The van der Waals surface area contributed by atoms with Gasteiger partial charge in [-0.1, -0.05) is 36.4 Å². The maximum atomic E-state index is 6.01. The molecule has 7 heteroatoms. The largest absolute Gasteiger partial charge is 0.490 e. The lowest BCUT2D eigenvalue weighted by Gasteiger charge is -2.23. The first-order valence-corrected chi connectivity index (χ1v) is 11.2. The molecule has 0 aromatic heterocycles. The van der Waals surface area contributed by atoms with E-state index in [-0.39, 0.29) is 36.1 Å². The summed E-state index contributed by atoms with van der Waals surface area (Å²) < 4.78 is 17.5. The molecule has 3 atom stereocenters. The second-order valence-corrected chi connectivity index (χ2v) is 7.64. The van der Waals surface area contributed by atoms with Crippen molar-refractivity contribution < 1.29 is 14.2 Å². The molecule has 0 bridgehead atoms. The fourth-order valence-electron chi connectivity index (χ4n) is 3.90. The molecule has 2 aromatic rings. The lowest BCUT2D eigenvalue weighted by molar-refractivity contribution is 0.0915. The highest BCUT2D eigenvalue weighted by Gasteiger charge is 2.29. The zero-order chi connectivity index (χ0) is 22.1. The molecule has 0 saturated carbocycles. The Morgan fingerprint density at radius 1 is 1.09 bits per heavy atom. The van der Waals surface area contributed by atoms with Gasteiger partial charge in [-0.2, -0.15) is 0 Å². The van der Waals surface area contributed by atoms with Gasteiger partial charge in [-0.05, 0) is 50.5 Å². The SMILES string of the molecule is CCOc1ccc(C(C)NC(=NC)NCC2CCOC2c2ccccc2)cc1OCC.I. The van der Waals surface area contributed by atoms with Crippen LogP contribution in [0.2, 0.25) is 0 Å². The molecule has 2 N–H and O–H groups in total. The Bertz CT molecular complexity index is 848. The first kappa shape index (κ1) is 26.3. The van der Waals surface area contributed by atoms with Crippen molar-refractivity contribution in [1.29, 1.82) is 0 Å². The van der Waals surface area contributed by atoms with E-state index in [4.69, 9.17) is 14.2 Å². The number of guanidine groups is 1. The Balaban J connectivity index is 0.00000363. The van der Waals surface area contributed by atoms with Crippen LogP contribution in [0.3, 0.4) is 0 Å². The molecule has 0 spiro atoms. The van der Waals surface area contributed by atoms with E-state index in [0.29, 0.717) is 19.1 Å². The fraction of sp³-hybridized carbons (Fsp3) is 0.480. The van der Waals surface area contributed by atoms with Crippen LogP contribution in [0.5, 0.6) is 11.5 Å². The average molecular weight is 553 g/mol. The minimum atomic E-state index is 0. The van der Waals surface area contributed by atoms with E-state index in [1.165, 1.54) is 5.56 Å². The number of halogens is 1. The summed E-state index contributed by atoms with van der Waals surface area (Å²) in [7, 11) is 1.80. The minimum Gasteiger partial charge on any atom is -0.490 e. The summed E-state index contributed by atoms with van der Waals surface area (Å²) in [6, 6.07) is 16.6. The maximum absolute atomic E-state index is 6.01. The summed E-state index contributed by atoms with van der Waals surface area (Å²) in [6.07, 6.45) is 1.17. The number of nitrogens with one attached hydrogen (secondary N) is 2. The minimum absolute atomic E-state index is 0. The highest BCUT2D eigenvalue weighted by molar-refractivity contribution is 14.0. The van der Waals surface area contributed by atoms with Gasteiger partial charge in [0.1, 0.15) is 0 Å². The van der Waals surface area contributed by atoms with Crippen LogP contribution in [0.25, 0.3) is 0 Å². The highest BCUT2D eigenvalue weighted by atomic mass is 127. The van der Waals surface area contributed by atoms with E-state index < -0.39 is 0 Å². The highest BCUT2D eigenvalue weighted by Crippen LogP contribution is 2.34. The van der Waals surface area contributed by atoms with Gasteiger partial charge in [-0.25, -0.2) is 0 Å². The third-order valence-corrected chi connectivity index (χ3v) is 5.52. The number of benzene rings is 2. The second kappa shape index (κ2) is 13.5. The molecule has 0 amide bonds. The summed E-state index contributed by atoms with van der Waals surface area (Å²) in [5, 5.41) is 6.97. The lowest BCUT2D eigenvalue weighted by atomic mass is 9.95. The summed E-state index contributed by atoms with van der Waals surface area (Å²) in [4.78, 5) is 4.42. The van der Waals surface area contributed by atoms with Gasteiger partial charge in [0.05, 0.1) is 25.4 Å². The second-order valence-electron chi connectivity index (χ2n) is 7.64. The van der Waals surface area contributed by atoms with Crippen LogP contribution in [0, 0.1) is 5.92 Å². The predicted molar refractivity (Wildman–Crippen MR) is 140 cm³/mol. The third-order valence-electron chi connectivity index (χ3n) is 5.52. The molecule has 1 saturated heterocycles. The van der Waals surface area contributed by atoms with Crippen LogP contribution < -0.4 is 20.1 Å². The molecule has 2 aromatic carbocycles. The van der Waals surface area contributed by atoms with Crippen molar-refractivity contribution in [2.45, 2.75) is 39.3 Å². The summed E-state index contributed by atoms with van der Waals surface area (Å²) in [5.74, 6) is 2.73. The standard InChI is InChI=1S/C25H35N3O3.HI/c1-5-29-22-13-12-20(16-23(22)30-6-2)18(3)28-25(26-4)27-17-21-14-15-31-24(21)19-10-8-7-9-11-19;/h7-13,16,18,21,24H,5-6,14-15,17H2,1-4H3,(H2,26,27,28);1H. The maximum Gasteiger partial charge on any atom is 0.191 e. The van der Waals surface area contributed by atoms with Crippen molar-refractivity contribution in [2.24, 2.45) is 10.9 Å². The molecule has 3 rings (SSSR count). The Morgan fingerprint density at radius 2 is 1.81 bits per heavy atom. The molecule has 176 valence electrons. The van der Waals surface area contributed by atoms with Gasteiger partial charge in [0.25, 0.3) is 0 Å². The average Bonchev–Trinajstić information content (AvgIpc) is 3.27. The van der Waals surface area contributed by atoms with Crippen molar-refractivity contribution in [3.63, 3.8) is 0 Å². The van der Waals surface area contributed by atoms with E-state index in [1.807, 2.05) is 32.0 Å². The van der Waals surface area contributed by atoms with Crippen LogP contribution in [0.4, 0.5) is 0 Å². The summed E-state index contributed by atoms with van der Waals surface area (Å²) >= 11 is 0. The normalized spacial score (nSPS) is 19.1. The van der Waals surface area contributed by atoms with Gasteiger partial charge < -0.3 is 24.8 Å². The Kier molecular flexibility index (Phi) is 11.1. The van der Waals surface area contributed by atoms with Gasteiger partial charge in [-0.3, -0.25) is 4.99 Å². The van der Waals surface area contributed by atoms with Crippen LogP contribution in [-0.2, 0) is 4.74 Å². The molecule has 1 heterocycles. The first-order chi connectivity index (χ1) is 15.2. The van der Waals surface area contributed by atoms with E-state index in [2.05, 4.69) is 52.9 Å². The fourth-order valence-corrected chi connectivity index (χ4v) is 3.90. The van der Waals surface area contributed by atoms with Gasteiger partial charge in [0.15, 0.2) is 17.5 Å². The van der Waals surface area contributed by atoms with Crippen LogP contribution in [-0.4, -0.2) is 39.4 Å². The molecular weight excluding hydrogens is 517 g/mol. The zero-order valence-corrected chi connectivity index (χ0v) is 21.8. The van der Waals surface area contributed by atoms with Crippen molar-refractivity contribution in [3.8, 4) is 11.5 Å². The summed E-state index contributed by atoms with van der Waals surface area (Å²) in [5.41, 5.74) is 2.35. The number of hydrogen-bond donors (Lipinski definition) is 2. The number of nitrogens with zero attached hydrogens (tertiary/aromatic N) is 1. The van der Waals surface area contributed by atoms with E-state index in [9.17, 15) is 0 Å². The Hall–Kier alpha value is -2.00. The first-order valence-electron chi connectivity index (χ1n) is 11.2. The molecule has 0 aliphatic carbocycles. The molecule has 1 aliphatic heterocycles. The molecule has 32 heavy (non-hydrogen) atoms. The molecule has 6 nitrogen and oxygen atoms in total. The zero-order valence-electron chi connectivity index (χ0n) is 19.5. The Morgan fingerprint density at radius 3 is 2.50 bits per heavy atom. The van der Waals surface area contributed by atoms with E-state index in [1.54, 1.807) is 7.05 Å². The molecule has 1 fully saturated rings. The summed E-state index contributed by atoms with van der Waals surface area (Å²) in [6.45, 7) is 8.87. The molecular formula is C25H36IN3O3. The molecule has 1 aliphatic rings. The quantitative estimate of drug-likeness (QED) is 0.257. The van der Waals surface area contributed by atoms with Crippen LogP contribution in [0.15, 0.2) is 53.5 Å². The van der Waals surface area contributed by atoms with Gasteiger partial charge in [0.2, 0.25) is 0 Å². The van der Waals surface area contributed by atoms with Crippen molar-refractivity contribution in [3.05, 3.63) is 59.7 Å². The Labute approximate surface area is 209 Å². The van der Waals surface area contributed by atoms with E-state index >= 15 is 0 Å². The molecule has 3 unspecified atom stereocenters. The topological polar surface area (TPSA) is 64.1 Å². The number of ether oxygens (including phenoxy) is 3. The van der Waals surface area contributed by atoms with Gasteiger partial charge in [0, 0.05) is 26.1 Å². The molecule has 0 radical (unpaired) electrons. The predicted octanol–water partition coefficient (Wildman–Crippen LogP) is 5.11. The van der Waals surface area contributed by atoms with Crippen molar-refractivity contribution >= 4 is 29.9 Å². The van der Waals surface area contributed by atoms with Gasteiger partial charge in [-0.15, -0.1) is 24.0 Å². The smallest absolute Gasteiger partial charge is 0.191 e.